The number of carbonyl (C=O) groups excluding carboxylic acids is 2. The van der Waals surface area contributed by atoms with E-state index in [-0.39, 0.29) is 11.8 Å². The molecular weight excluding hydrogens is 406 g/mol. The van der Waals surface area contributed by atoms with Gasteiger partial charge in [0.1, 0.15) is 12.1 Å². The molecule has 7 nitrogen and oxygen atoms in total. The zero-order valence-corrected chi connectivity index (χ0v) is 19.1. The molecule has 1 fully saturated rings. The molecule has 1 aromatic carbocycles. The lowest BCUT2D eigenvalue weighted by Crippen LogP contribution is -2.61. The Kier molecular flexibility index (Phi) is 7.56. The van der Waals surface area contributed by atoms with Crippen molar-refractivity contribution >= 4 is 23.4 Å². The number of rotatable bonds is 6. The zero-order valence-electron chi connectivity index (χ0n) is 18.4. The van der Waals surface area contributed by atoms with Gasteiger partial charge >= 0.3 is 0 Å². The summed E-state index contributed by atoms with van der Waals surface area (Å²) < 4.78 is 0. The largest absolute Gasteiger partial charge is 0.391 e. The molecular formula is C22H34ClN3O4. The van der Waals surface area contributed by atoms with Crippen LogP contribution in [0.4, 0.5) is 0 Å². The highest BCUT2D eigenvalue weighted by molar-refractivity contribution is 6.30. The molecule has 0 bridgehead atoms. The highest BCUT2D eigenvalue weighted by atomic mass is 35.5. The van der Waals surface area contributed by atoms with Crippen molar-refractivity contribution in [3.63, 3.8) is 0 Å². The van der Waals surface area contributed by atoms with Gasteiger partial charge in [0.15, 0.2) is 0 Å². The van der Waals surface area contributed by atoms with Gasteiger partial charge in [-0.2, -0.15) is 0 Å². The molecule has 0 spiro atoms. The number of aliphatic hydroxyl groups is 2. The zero-order chi connectivity index (χ0) is 22.9. The minimum absolute atomic E-state index is 0.164. The van der Waals surface area contributed by atoms with E-state index in [1.54, 1.807) is 17.0 Å². The summed E-state index contributed by atoms with van der Waals surface area (Å²) >= 11 is 5.99. The molecule has 0 aliphatic carbocycles. The third-order valence-electron chi connectivity index (χ3n) is 6.14. The number of aliphatic hydroxyl groups excluding tert-OH is 1. The van der Waals surface area contributed by atoms with Crippen LogP contribution in [-0.4, -0.2) is 58.2 Å². The van der Waals surface area contributed by atoms with Crippen LogP contribution in [0.5, 0.6) is 0 Å². The summed E-state index contributed by atoms with van der Waals surface area (Å²) in [6.07, 6.45) is -0.657. The number of hydrogen-bond donors (Lipinski definition) is 4. The Bertz CT molecular complexity index is 766. The lowest BCUT2D eigenvalue weighted by molar-refractivity contribution is -0.157. The van der Waals surface area contributed by atoms with E-state index >= 15 is 0 Å². The highest BCUT2D eigenvalue weighted by Gasteiger charge is 2.50. The molecule has 4 atom stereocenters. The van der Waals surface area contributed by atoms with Gasteiger partial charge < -0.3 is 26.2 Å². The van der Waals surface area contributed by atoms with Crippen LogP contribution in [0.15, 0.2) is 24.3 Å². The Morgan fingerprint density at radius 3 is 2.23 bits per heavy atom. The van der Waals surface area contributed by atoms with Crippen LogP contribution in [0.25, 0.3) is 0 Å². The molecule has 1 saturated heterocycles. The summed E-state index contributed by atoms with van der Waals surface area (Å²) in [5.74, 6) is -0.948. The van der Waals surface area contributed by atoms with Gasteiger partial charge in [-0.3, -0.25) is 9.59 Å². The van der Waals surface area contributed by atoms with Crippen molar-refractivity contribution in [1.82, 2.24) is 10.2 Å². The Labute approximate surface area is 183 Å². The fourth-order valence-corrected chi connectivity index (χ4v) is 4.08. The van der Waals surface area contributed by atoms with E-state index in [2.05, 4.69) is 5.32 Å². The Hall–Kier alpha value is -1.67. The molecule has 2 rings (SSSR count). The number of nitrogens with one attached hydrogen (secondary N) is 1. The standard InChI is InChI=1S/C22H34ClN3O4/c1-13(2)18(25-19(28)17(24)14(3)27)20(29)26-11-10-22(30,21(4,5)12-26)15-6-8-16(23)9-7-15/h6-9,13-14,17-18,27,30H,10-12,24H2,1-5H3,(H,25,28)/t14-,17+,18+,22-/m0/s1. The van der Waals surface area contributed by atoms with Gasteiger partial charge in [-0.15, -0.1) is 0 Å². The lowest BCUT2D eigenvalue weighted by Gasteiger charge is -2.51. The molecule has 8 heteroatoms. The quantitative estimate of drug-likeness (QED) is 0.537. The summed E-state index contributed by atoms with van der Waals surface area (Å²) in [7, 11) is 0. The number of nitrogens with zero attached hydrogens (tertiary/aromatic N) is 1. The molecule has 0 unspecified atom stereocenters. The summed E-state index contributed by atoms with van der Waals surface area (Å²) in [6, 6.07) is 5.26. The van der Waals surface area contributed by atoms with Crippen LogP contribution in [0, 0.1) is 11.3 Å². The number of hydrogen-bond acceptors (Lipinski definition) is 5. The first-order valence-electron chi connectivity index (χ1n) is 10.3. The summed E-state index contributed by atoms with van der Waals surface area (Å²) in [5.41, 5.74) is 4.74. The van der Waals surface area contributed by atoms with Crippen LogP contribution in [0.1, 0.15) is 46.6 Å². The minimum atomic E-state index is -1.11. The van der Waals surface area contributed by atoms with E-state index in [1.807, 2.05) is 39.8 Å². The summed E-state index contributed by atoms with van der Waals surface area (Å²) in [4.78, 5) is 27.3. The van der Waals surface area contributed by atoms with Crippen LogP contribution < -0.4 is 11.1 Å². The third kappa shape index (κ3) is 4.97. The van der Waals surface area contributed by atoms with E-state index in [1.165, 1.54) is 6.92 Å². The van der Waals surface area contributed by atoms with Crippen molar-refractivity contribution in [1.29, 1.82) is 0 Å². The highest BCUT2D eigenvalue weighted by Crippen LogP contribution is 2.46. The van der Waals surface area contributed by atoms with E-state index in [0.29, 0.717) is 24.5 Å². The van der Waals surface area contributed by atoms with Gasteiger partial charge in [-0.1, -0.05) is 51.4 Å². The second kappa shape index (κ2) is 9.22. The van der Waals surface area contributed by atoms with Crippen LogP contribution in [-0.2, 0) is 15.2 Å². The predicted molar refractivity (Wildman–Crippen MR) is 117 cm³/mol. The van der Waals surface area contributed by atoms with Crippen molar-refractivity contribution in [2.45, 2.75) is 64.8 Å². The predicted octanol–water partition coefficient (Wildman–Crippen LogP) is 1.64. The smallest absolute Gasteiger partial charge is 0.245 e. The number of amides is 2. The summed E-state index contributed by atoms with van der Waals surface area (Å²) in [5, 5.41) is 24.3. The van der Waals surface area contributed by atoms with E-state index in [0.717, 1.165) is 5.56 Å². The van der Waals surface area contributed by atoms with Gasteiger partial charge in [0.05, 0.1) is 11.7 Å². The normalized spacial score (nSPS) is 24.3. The van der Waals surface area contributed by atoms with Crippen LogP contribution in [0.3, 0.4) is 0 Å². The third-order valence-corrected chi connectivity index (χ3v) is 6.39. The number of halogens is 1. The number of carbonyl (C=O) groups is 2. The van der Waals surface area contributed by atoms with Crippen molar-refractivity contribution < 1.29 is 19.8 Å². The van der Waals surface area contributed by atoms with Gasteiger partial charge in [0.25, 0.3) is 0 Å². The van der Waals surface area contributed by atoms with E-state index in [9.17, 15) is 19.8 Å². The lowest BCUT2D eigenvalue weighted by atomic mass is 9.66. The first-order valence-corrected chi connectivity index (χ1v) is 10.7. The van der Waals surface area contributed by atoms with Gasteiger partial charge in [0, 0.05) is 23.5 Å². The van der Waals surface area contributed by atoms with Crippen LogP contribution >= 0.6 is 11.6 Å². The first kappa shape index (κ1) is 24.6. The average Bonchev–Trinajstić information content (AvgIpc) is 2.66. The van der Waals surface area contributed by atoms with Crippen LogP contribution in [0.2, 0.25) is 5.02 Å². The monoisotopic (exact) mass is 439 g/mol. The molecule has 2 amide bonds. The van der Waals surface area contributed by atoms with Crippen molar-refractivity contribution in [2.24, 2.45) is 17.1 Å². The van der Waals surface area contributed by atoms with Gasteiger partial charge in [-0.25, -0.2) is 0 Å². The molecule has 0 radical (unpaired) electrons. The number of likely N-dealkylation sites (tertiary alicyclic amines) is 1. The van der Waals surface area contributed by atoms with Gasteiger partial charge in [-0.05, 0) is 37.0 Å². The SMILES string of the molecule is CC(C)[C@@H](NC(=O)[C@H](N)[C@H](C)O)C(=O)N1CC[C@](O)(c2ccc(Cl)cc2)C(C)(C)C1. The fourth-order valence-electron chi connectivity index (χ4n) is 3.95. The number of benzene rings is 1. The summed E-state index contributed by atoms with van der Waals surface area (Å²) in [6.45, 7) is 9.64. The molecule has 1 aromatic rings. The number of piperidine rings is 1. The van der Waals surface area contributed by atoms with Gasteiger partial charge in [0.2, 0.25) is 11.8 Å². The topological polar surface area (TPSA) is 116 Å². The van der Waals surface area contributed by atoms with Crippen molar-refractivity contribution in [3.8, 4) is 0 Å². The average molecular weight is 440 g/mol. The van der Waals surface area contributed by atoms with E-state index < -0.39 is 35.1 Å². The number of nitrogens with two attached hydrogens (primary N) is 1. The minimum Gasteiger partial charge on any atom is -0.391 e. The molecule has 5 N–H and O–H groups in total. The Balaban J connectivity index is 2.19. The molecule has 1 aliphatic heterocycles. The fraction of sp³-hybridized carbons (Fsp3) is 0.636. The maximum Gasteiger partial charge on any atom is 0.245 e. The second-order valence-corrected chi connectivity index (χ2v) is 9.69. The van der Waals surface area contributed by atoms with E-state index in [4.69, 9.17) is 17.3 Å². The molecule has 1 heterocycles. The Morgan fingerprint density at radius 2 is 1.77 bits per heavy atom. The maximum absolute atomic E-state index is 13.3. The molecule has 168 valence electrons. The maximum atomic E-state index is 13.3. The molecule has 1 aliphatic rings. The Morgan fingerprint density at radius 1 is 1.20 bits per heavy atom. The van der Waals surface area contributed by atoms with Crippen molar-refractivity contribution in [2.75, 3.05) is 13.1 Å². The first-order chi connectivity index (χ1) is 13.8. The molecule has 0 aromatic heterocycles. The second-order valence-electron chi connectivity index (χ2n) is 9.26. The molecule has 0 saturated carbocycles. The molecule has 30 heavy (non-hydrogen) atoms. The van der Waals surface area contributed by atoms with Crippen molar-refractivity contribution in [3.05, 3.63) is 34.9 Å².